The molecule has 1 aromatic heterocycles. The molecule has 1 amide bonds. The van der Waals surface area contributed by atoms with Crippen LogP contribution in [-0.2, 0) is 4.79 Å². The number of amides is 1. The number of allylic oxidation sites excluding steroid dienone is 1. The van der Waals surface area contributed by atoms with E-state index in [9.17, 15) is 4.79 Å². The van der Waals surface area contributed by atoms with Crippen molar-refractivity contribution in [3.8, 4) is 0 Å². The molecule has 2 N–H and O–H groups in total. The van der Waals surface area contributed by atoms with Gasteiger partial charge in [-0.05, 0) is 61.2 Å². The number of imidazole rings is 1. The summed E-state index contributed by atoms with van der Waals surface area (Å²) in [5, 5.41) is 6.93. The highest BCUT2D eigenvalue weighted by molar-refractivity contribution is 7.98. The molecule has 1 atom stereocenters. The predicted octanol–water partition coefficient (Wildman–Crippen LogP) is 6.34. The lowest BCUT2D eigenvalue weighted by Gasteiger charge is -2.30. The van der Waals surface area contributed by atoms with E-state index in [-0.39, 0.29) is 11.9 Å². The molecule has 1 aliphatic heterocycles. The van der Waals surface area contributed by atoms with Gasteiger partial charge < -0.3 is 10.6 Å². The Kier molecular flexibility index (Phi) is 5.41. The highest BCUT2D eigenvalue weighted by atomic mass is 35.5. The van der Waals surface area contributed by atoms with Crippen LogP contribution in [-0.4, -0.2) is 21.7 Å². The number of para-hydroxylation sites is 2. The summed E-state index contributed by atoms with van der Waals surface area (Å²) in [6.45, 7) is 1.92. The summed E-state index contributed by atoms with van der Waals surface area (Å²) in [5.41, 5.74) is 4.92. The largest absolute Gasteiger partial charge is 0.329 e. The summed E-state index contributed by atoms with van der Waals surface area (Å²) in [6, 6.07) is 23.2. The second-order valence-electron chi connectivity index (χ2n) is 7.60. The first kappa shape index (κ1) is 20.7. The van der Waals surface area contributed by atoms with Crippen LogP contribution in [0.1, 0.15) is 18.5 Å². The van der Waals surface area contributed by atoms with E-state index in [1.807, 2.05) is 43.3 Å². The van der Waals surface area contributed by atoms with E-state index in [1.165, 1.54) is 4.90 Å². The van der Waals surface area contributed by atoms with Gasteiger partial charge >= 0.3 is 0 Å². The Morgan fingerprint density at radius 3 is 2.62 bits per heavy atom. The van der Waals surface area contributed by atoms with E-state index in [2.05, 4.69) is 45.7 Å². The van der Waals surface area contributed by atoms with Crippen LogP contribution in [0.3, 0.4) is 0 Å². The third kappa shape index (κ3) is 3.66. The van der Waals surface area contributed by atoms with Crippen molar-refractivity contribution in [2.24, 2.45) is 0 Å². The summed E-state index contributed by atoms with van der Waals surface area (Å²) in [5.74, 6) is 0.543. The zero-order chi connectivity index (χ0) is 22.2. The SMILES string of the molecule is CSc1ccc(C2C(C(=O)Nc3cccc(Cl)c3)=C(C)Nc3nc4ccccc4n32)cc1. The van der Waals surface area contributed by atoms with Crippen LogP contribution in [0, 0.1) is 0 Å². The van der Waals surface area contributed by atoms with Gasteiger partial charge in [0, 0.05) is 21.3 Å². The van der Waals surface area contributed by atoms with Crippen molar-refractivity contribution in [1.29, 1.82) is 0 Å². The van der Waals surface area contributed by atoms with Crippen molar-refractivity contribution in [2.75, 3.05) is 16.9 Å². The normalized spacial score (nSPS) is 15.4. The fourth-order valence-corrected chi connectivity index (χ4v) is 4.72. The first-order valence-corrected chi connectivity index (χ1v) is 11.8. The van der Waals surface area contributed by atoms with E-state index < -0.39 is 0 Å². The number of nitrogens with one attached hydrogen (secondary N) is 2. The van der Waals surface area contributed by atoms with Crippen LogP contribution in [0.2, 0.25) is 5.02 Å². The highest BCUT2D eigenvalue weighted by Gasteiger charge is 2.34. The van der Waals surface area contributed by atoms with Crippen LogP contribution in [0.4, 0.5) is 11.6 Å². The molecule has 160 valence electrons. The summed E-state index contributed by atoms with van der Waals surface area (Å²) < 4.78 is 2.10. The molecule has 5 rings (SSSR count). The number of carbonyl (C=O) groups excluding carboxylic acids is 1. The lowest BCUT2D eigenvalue weighted by molar-refractivity contribution is -0.113. The second kappa shape index (κ2) is 8.37. The van der Waals surface area contributed by atoms with Gasteiger partial charge in [0.2, 0.25) is 5.95 Å². The number of aromatic nitrogens is 2. The average Bonchev–Trinajstić information content (AvgIpc) is 3.16. The van der Waals surface area contributed by atoms with Crippen molar-refractivity contribution >= 4 is 51.9 Å². The molecule has 0 saturated heterocycles. The van der Waals surface area contributed by atoms with E-state index >= 15 is 0 Å². The van der Waals surface area contributed by atoms with Crippen LogP contribution in [0.5, 0.6) is 0 Å². The maximum atomic E-state index is 13.6. The summed E-state index contributed by atoms with van der Waals surface area (Å²) >= 11 is 7.81. The number of rotatable bonds is 4. The van der Waals surface area contributed by atoms with Crippen LogP contribution in [0.25, 0.3) is 11.0 Å². The number of benzene rings is 3. The lowest BCUT2D eigenvalue weighted by atomic mass is 9.94. The standard InChI is InChI=1S/C25H21ClN4OS/c1-15-22(24(31)28-18-7-5-6-17(26)14-18)23(16-10-12-19(32-2)13-11-16)30-21-9-4-3-8-20(21)29-25(30)27-15/h3-14,23H,1-2H3,(H,27,29)(H,28,31). The number of anilines is 2. The van der Waals surface area contributed by atoms with Crippen molar-refractivity contribution in [3.05, 3.63) is 94.7 Å². The Morgan fingerprint density at radius 2 is 1.88 bits per heavy atom. The number of hydrogen-bond donors (Lipinski definition) is 2. The Bertz CT molecular complexity index is 1360. The number of hydrogen-bond acceptors (Lipinski definition) is 4. The molecule has 2 heterocycles. The number of thioether (sulfide) groups is 1. The molecule has 0 spiro atoms. The molecule has 7 heteroatoms. The van der Waals surface area contributed by atoms with Crippen LogP contribution < -0.4 is 10.6 Å². The Morgan fingerprint density at radius 1 is 1.09 bits per heavy atom. The Labute approximate surface area is 195 Å². The molecule has 32 heavy (non-hydrogen) atoms. The number of carbonyl (C=O) groups is 1. The van der Waals surface area contributed by atoms with Crippen molar-refractivity contribution in [1.82, 2.24) is 9.55 Å². The fraction of sp³-hybridized carbons (Fsp3) is 0.120. The van der Waals surface area contributed by atoms with Gasteiger partial charge in [-0.2, -0.15) is 0 Å². The van der Waals surface area contributed by atoms with E-state index in [0.717, 1.165) is 28.2 Å². The van der Waals surface area contributed by atoms with E-state index in [4.69, 9.17) is 16.6 Å². The first-order valence-electron chi connectivity index (χ1n) is 10.2. The summed E-state index contributed by atoms with van der Waals surface area (Å²) in [6.07, 6.45) is 2.05. The molecule has 0 fully saturated rings. The van der Waals surface area contributed by atoms with E-state index in [1.54, 1.807) is 23.9 Å². The molecular weight excluding hydrogens is 440 g/mol. The zero-order valence-corrected chi connectivity index (χ0v) is 19.2. The molecule has 0 bridgehead atoms. The highest BCUT2D eigenvalue weighted by Crippen LogP contribution is 2.39. The van der Waals surface area contributed by atoms with Gasteiger partial charge in [-0.1, -0.05) is 41.9 Å². The maximum Gasteiger partial charge on any atom is 0.255 e. The Hall–Kier alpha value is -3.22. The summed E-state index contributed by atoms with van der Waals surface area (Å²) in [7, 11) is 0. The van der Waals surface area contributed by atoms with E-state index in [0.29, 0.717) is 16.3 Å². The molecule has 3 aromatic carbocycles. The topological polar surface area (TPSA) is 59.0 Å². The maximum absolute atomic E-state index is 13.6. The fourth-order valence-electron chi connectivity index (χ4n) is 4.12. The zero-order valence-electron chi connectivity index (χ0n) is 17.6. The molecule has 0 saturated carbocycles. The minimum Gasteiger partial charge on any atom is -0.329 e. The Balaban J connectivity index is 1.65. The molecule has 4 aromatic rings. The van der Waals surface area contributed by atoms with Gasteiger partial charge in [-0.3, -0.25) is 9.36 Å². The molecule has 1 aliphatic rings. The van der Waals surface area contributed by atoms with Gasteiger partial charge in [-0.25, -0.2) is 4.98 Å². The van der Waals surface area contributed by atoms with Crippen molar-refractivity contribution in [3.63, 3.8) is 0 Å². The molecule has 0 radical (unpaired) electrons. The quantitative estimate of drug-likeness (QED) is 0.349. The predicted molar refractivity (Wildman–Crippen MR) is 132 cm³/mol. The van der Waals surface area contributed by atoms with Gasteiger partial charge in [0.25, 0.3) is 5.91 Å². The van der Waals surface area contributed by atoms with Gasteiger partial charge in [0.15, 0.2) is 0 Å². The molecule has 1 unspecified atom stereocenters. The third-order valence-electron chi connectivity index (χ3n) is 5.59. The minimum absolute atomic E-state index is 0.181. The van der Waals surface area contributed by atoms with Crippen molar-refractivity contribution in [2.45, 2.75) is 17.9 Å². The summed E-state index contributed by atoms with van der Waals surface area (Å²) in [4.78, 5) is 19.5. The third-order valence-corrected chi connectivity index (χ3v) is 6.57. The average molecular weight is 461 g/mol. The van der Waals surface area contributed by atoms with Gasteiger partial charge in [0.05, 0.1) is 22.6 Å². The molecule has 5 nitrogen and oxygen atoms in total. The first-order chi connectivity index (χ1) is 15.5. The van der Waals surface area contributed by atoms with Crippen LogP contribution in [0.15, 0.2) is 89.0 Å². The molecular formula is C25H21ClN4OS. The van der Waals surface area contributed by atoms with Gasteiger partial charge in [0.1, 0.15) is 0 Å². The number of fused-ring (bicyclic) bond motifs is 3. The molecule has 0 aliphatic carbocycles. The smallest absolute Gasteiger partial charge is 0.255 e. The second-order valence-corrected chi connectivity index (χ2v) is 8.91. The number of halogens is 1. The van der Waals surface area contributed by atoms with Gasteiger partial charge in [-0.15, -0.1) is 11.8 Å². The van der Waals surface area contributed by atoms with Crippen molar-refractivity contribution < 1.29 is 4.79 Å². The lowest BCUT2D eigenvalue weighted by Crippen LogP contribution is -2.30. The monoisotopic (exact) mass is 460 g/mol. The minimum atomic E-state index is -0.325. The van der Waals surface area contributed by atoms with Crippen LogP contribution >= 0.6 is 23.4 Å². The number of nitrogens with zero attached hydrogens (tertiary/aromatic N) is 2.